The van der Waals surface area contributed by atoms with E-state index in [1.807, 2.05) is 6.07 Å². The van der Waals surface area contributed by atoms with Crippen molar-refractivity contribution < 1.29 is 9.47 Å². The molecule has 0 bridgehead atoms. The second kappa shape index (κ2) is 5.22. The van der Waals surface area contributed by atoms with Crippen molar-refractivity contribution in [2.24, 2.45) is 0 Å². The fraction of sp³-hybridized carbons (Fsp3) is 0.412. The zero-order valence-electron chi connectivity index (χ0n) is 11.4. The second-order valence-electron chi connectivity index (χ2n) is 5.29. The van der Waals surface area contributed by atoms with Crippen LogP contribution in [-0.4, -0.2) is 12.9 Å². The van der Waals surface area contributed by atoms with Crippen molar-refractivity contribution in [3.8, 4) is 5.75 Å². The molecular formula is C17H20O2. The summed E-state index contributed by atoms with van der Waals surface area (Å²) in [5.74, 6) is 0.489. The number of rotatable bonds is 3. The van der Waals surface area contributed by atoms with Crippen molar-refractivity contribution in [2.75, 3.05) is 7.11 Å². The Morgan fingerprint density at radius 3 is 2.37 bits per heavy atom. The van der Waals surface area contributed by atoms with Gasteiger partial charge in [0.05, 0.1) is 0 Å². The summed E-state index contributed by atoms with van der Waals surface area (Å²) in [6.07, 6.45) is 5.61. The topological polar surface area (TPSA) is 18.5 Å². The number of hydrogen-bond acceptors (Lipinski definition) is 2. The molecule has 1 fully saturated rings. The van der Waals surface area contributed by atoms with Gasteiger partial charge in [-0.2, -0.15) is 0 Å². The minimum atomic E-state index is -0.416. The van der Waals surface area contributed by atoms with E-state index in [-0.39, 0.29) is 0 Å². The third-order valence-corrected chi connectivity index (χ3v) is 4.01. The Hall–Kier alpha value is -1.54. The maximum Gasteiger partial charge on any atom is 0.210 e. The Morgan fingerprint density at radius 2 is 1.63 bits per heavy atom. The molecule has 0 aromatic heterocycles. The average Bonchev–Trinajstić information content (AvgIpc) is 2.48. The Bertz CT molecular complexity index is 556. The average molecular weight is 256 g/mol. The number of fused-ring (bicyclic) bond motifs is 1. The molecule has 0 aliphatic heterocycles. The first-order valence-electron chi connectivity index (χ1n) is 7.04. The lowest BCUT2D eigenvalue weighted by Crippen LogP contribution is -2.40. The molecule has 1 aliphatic carbocycles. The van der Waals surface area contributed by atoms with Gasteiger partial charge < -0.3 is 9.47 Å². The fourth-order valence-corrected chi connectivity index (χ4v) is 2.88. The zero-order valence-corrected chi connectivity index (χ0v) is 11.4. The Balaban J connectivity index is 1.87. The van der Waals surface area contributed by atoms with Gasteiger partial charge >= 0.3 is 0 Å². The lowest BCUT2D eigenvalue weighted by molar-refractivity contribution is -0.182. The quantitative estimate of drug-likeness (QED) is 0.751. The van der Waals surface area contributed by atoms with Crippen LogP contribution < -0.4 is 4.74 Å². The molecule has 0 atom stereocenters. The van der Waals surface area contributed by atoms with E-state index >= 15 is 0 Å². The highest BCUT2D eigenvalue weighted by molar-refractivity contribution is 5.83. The summed E-state index contributed by atoms with van der Waals surface area (Å²) in [6, 6.07) is 14.6. The number of hydrogen-bond donors (Lipinski definition) is 0. The summed E-state index contributed by atoms with van der Waals surface area (Å²) < 4.78 is 11.9. The van der Waals surface area contributed by atoms with Gasteiger partial charge in [0.1, 0.15) is 5.75 Å². The van der Waals surface area contributed by atoms with Gasteiger partial charge in [0.25, 0.3) is 0 Å². The van der Waals surface area contributed by atoms with Crippen LogP contribution in [0.4, 0.5) is 0 Å². The van der Waals surface area contributed by atoms with E-state index in [4.69, 9.17) is 9.47 Å². The van der Waals surface area contributed by atoms with E-state index in [9.17, 15) is 0 Å². The Labute approximate surface area is 114 Å². The minimum Gasteiger partial charge on any atom is -0.462 e. The molecule has 1 aliphatic rings. The van der Waals surface area contributed by atoms with E-state index < -0.39 is 5.79 Å². The molecular weight excluding hydrogens is 236 g/mol. The summed E-state index contributed by atoms with van der Waals surface area (Å²) >= 11 is 0. The number of ether oxygens (including phenoxy) is 2. The highest BCUT2D eigenvalue weighted by Crippen LogP contribution is 2.34. The molecule has 100 valence electrons. The summed E-state index contributed by atoms with van der Waals surface area (Å²) in [7, 11) is 1.76. The first-order chi connectivity index (χ1) is 9.31. The lowest BCUT2D eigenvalue weighted by atomic mass is 9.94. The molecule has 0 amide bonds. The first kappa shape index (κ1) is 12.5. The van der Waals surface area contributed by atoms with Crippen molar-refractivity contribution in [2.45, 2.75) is 37.9 Å². The molecule has 2 aromatic carbocycles. The lowest BCUT2D eigenvalue weighted by Gasteiger charge is -2.36. The zero-order chi connectivity index (χ0) is 13.1. The summed E-state index contributed by atoms with van der Waals surface area (Å²) in [4.78, 5) is 0. The predicted octanol–water partition coefficient (Wildman–Crippen LogP) is 4.53. The van der Waals surface area contributed by atoms with E-state index in [0.717, 1.165) is 18.6 Å². The summed E-state index contributed by atoms with van der Waals surface area (Å²) in [5.41, 5.74) is 0. The van der Waals surface area contributed by atoms with Crippen molar-refractivity contribution in [1.82, 2.24) is 0 Å². The molecule has 0 heterocycles. The van der Waals surface area contributed by atoms with Crippen LogP contribution in [-0.2, 0) is 4.74 Å². The van der Waals surface area contributed by atoms with Gasteiger partial charge in [0, 0.05) is 20.0 Å². The van der Waals surface area contributed by atoms with Crippen LogP contribution in [0.5, 0.6) is 5.75 Å². The molecule has 0 radical (unpaired) electrons. The molecule has 0 spiro atoms. The van der Waals surface area contributed by atoms with Gasteiger partial charge in [-0.15, -0.1) is 0 Å². The van der Waals surface area contributed by atoms with Crippen LogP contribution in [0.3, 0.4) is 0 Å². The molecule has 1 saturated carbocycles. The highest BCUT2D eigenvalue weighted by Gasteiger charge is 2.34. The smallest absolute Gasteiger partial charge is 0.210 e. The molecule has 0 saturated heterocycles. The second-order valence-corrected chi connectivity index (χ2v) is 5.29. The van der Waals surface area contributed by atoms with Gasteiger partial charge in [-0.05, 0) is 35.7 Å². The molecule has 2 aromatic rings. The molecule has 2 nitrogen and oxygen atoms in total. The van der Waals surface area contributed by atoms with E-state index in [1.165, 1.54) is 30.0 Å². The maximum atomic E-state index is 6.18. The van der Waals surface area contributed by atoms with Crippen LogP contribution in [0.1, 0.15) is 32.1 Å². The SMILES string of the molecule is COC1(Oc2ccc3ccccc3c2)CCCCC1. The van der Waals surface area contributed by atoms with Crippen LogP contribution in [0.25, 0.3) is 10.8 Å². The van der Waals surface area contributed by atoms with Gasteiger partial charge in [-0.1, -0.05) is 36.8 Å². The minimum absolute atomic E-state index is 0.416. The van der Waals surface area contributed by atoms with Crippen LogP contribution in [0.2, 0.25) is 0 Å². The monoisotopic (exact) mass is 256 g/mol. The molecule has 2 heteroatoms. The number of methoxy groups -OCH3 is 1. The summed E-state index contributed by atoms with van der Waals surface area (Å²) in [5, 5.41) is 2.45. The van der Waals surface area contributed by atoms with Crippen molar-refractivity contribution >= 4 is 10.8 Å². The largest absolute Gasteiger partial charge is 0.462 e. The third-order valence-electron chi connectivity index (χ3n) is 4.01. The van der Waals surface area contributed by atoms with Gasteiger partial charge in [0.2, 0.25) is 5.79 Å². The number of benzene rings is 2. The van der Waals surface area contributed by atoms with E-state index in [2.05, 4.69) is 36.4 Å². The first-order valence-corrected chi connectivity index (χ1v) is 7.04. The molecule has 0 N–H and O–H groups in total. The fourth-order valence-electron chi connectivity index (χ4n) is 2.88. The summed E-state index contributed by atoms with van der Waals surface area (Å²) in [6.45, 7) is 0. The van der Waals surface area contributed by atoms with Crippen molar-refractivity contribution in [3.05, 3.63) is 42.5 Å². The van der Waals surface area contributed by atoms with E-state index in [0.29, 0.717) is 0 Å². The van der Waals surface area contributed by atoms with Gasteiger partial charge in [-0.25, -0.2) is 0 Å². The van der Waals surface area contributed by atoms with Crippen molar-refractivity contribution in [3.63, 3.8) is 0 Å². The normalized spacial score (nSPS) is 18.4. The van der Waals surface area contributed by atoms with E-state index in [1.54, 1.807) is 7.11 Å². The Kier molecular flexibility index (Phi) is 3.43. The third kappa shape index (κ3) is 2.59. The Morgan fingerprint density at radius 1 is 0.895 bits per heavy atom. The van der Waals surface area contributed by atoms with Crippen molar-refractivity contribution in [1.29, 1.82) is 0 Å². The standard InChI is InChI=1S/C17H20O2/c1-18-17(11-5-2-6-12-17)19-16-10-9-14-7-3-4-8-15(14)13-16/h3-4,7-10,13H,2,5-6,11-12H2,1H3. The van der Waals surface area contributed by atoms with Crippen LogP contribution in [0.15, 0.2) is 42.5 Å². The highest BCUT2D eigenvalue weighted by atomic mass is 16.7. The van der Waals surface area contributed by atoms with Gasteiger partial charge in [-0.3, -0.25) is 0 Å². The van der Waals surface area contributed by atoms with Crippen LogP contribution >= 0.6 is 0 Å². The molecule has 0 unspecified atom stereocenters. The van der Waals surface area contributed by atoms with Crippen LogP contribution in [0, 0.1) is 0 Å². The maximum absolute atomic E-state index is 6.18. The molecule has 19 heavy (non-hydrogen) atoms. The molecule has 3 rings (SSSR count). The predicted molar refractivity (Wildman–Crippen MR) is 77.4 cm³/mol. The van der Waals surface area contributed by atoms with Gasteiger partial charge in [0.15, 0.2) is 0 Å².